The van der Waals surface area contributed by atoms with Crippen LogP contribution in [-0.4, -0.2) is 64.9 Å². The lowest BCUT2D eigenvalue weighted by Crippen LogP contribution is -2.70. The number of nitrogens with zero attached hydrogens (tertiary/aromatic N) is 2. The second-order valence-corrected chi connectivity index (χ2v) is 18.6. The van der Waals surface area contributed by atoms with Gasteiger partial charge in [-0.2, -0.15) is 0 Å². The van der Waals surface area contributed by atoms with Gasteiger partial charge in [-0.05, 0) is 119 Å². The highest BCUT2D eigenvalue weighted by atomic mass is 16.7. The number of aliphatic hydroxyl groups excluding tert-OH is 2. The van der Waals surface area contributed by atoms with Gasteiger partial charge in [-0.1, -0.05) is 140 Å². The Morgan fingerprint density at radius 2 is 1.49 bits per heavy atom. The van der Waals surface area contributed by atoms with Crippen LogP contribution in [0, 0.1) is 17.8 Å². The molecule has 9 nitrogen and oxygen atoms in total. The van der Waals surface area contributed by atoms with Crippen molar-refractivity contribution in [1.82, 2.24) is 4.90 Å². The summed E-state index contributed by atoms with van der Waals surface area (Å²) in [5, 5.41) is 27.2. The molecule has 356 valence electrons. The molecule has 9 rings (SSSR count). The minimum Gasteiger partial charge on any atom is -0.459 e. The molecule has 69 heavy (non-hydrogen) atoms. The summed E-state index contributed by atoms with van der Waals surface area (Å²) in [4.78, 5) is 23.7. The number of benzene rings is 6. The quantitative estimate of drug-likeness (QED) is 0.0420. The van der Waals surface area contributed by atoms with Crippen LogP contribution in [0.15, 0.2) is 175 Å². The van der Waals surface area contributed by atoms with Crippen molar-refractivity contribution < 1.29 is 34.1 Å². The molecule has 6 atom stereocenters. The van der Waals surface area contributed by atoms with Crippen molar-refractivity contribution in [1.29, 1.82) is 0 Å². The zero-order chi connectivity index (χ0) is 47.6. The highest BCUT2D eigenvalue weighted by Crippen LogP contribution is 2.62. The minimum absolute atomic E-state index is 0.0693. The summed E-state index contributed by atoms with van der Waals surface area (Å²) < 4.78 is 21.5. The molecule has 0 unspecified atom stereocenters. The predicted octanol–water partition coefficient (Wildman–Crippen LogP) is 12.7. The fraction of sp³-hybridized carbons (Fsp3) is 0.333. The number of ether oxygens (including phenoxy) is 3. The largest absolute Gasteiger partial charge is 0.459 e. The third kappa shape index (κ3) is 10.3. The molecule has 0 aromatic heterocycles. The molecule has 6 aromatic rings. The van der Waals surface area contributed by atoms with Crippen LogP contribution in [0.1, 0.15) is 85.7 Å². The fourth-order valence-electron chi connectivity index (χ4n) is 11.1. The van der Waals surface area contributed by atoms with E-state index in [1.54, 1.807) is 6.08 Å². The number of carbonyl (C=O) groups is 1. The van der Waals surface area contributed by atoms with E-state index in [0.717, 1.165) is 70.0 Å². The normalized spacial score (nSPS) is 21.9. The number of unbranched alkanes of at least 4 members (excludes halogenated alkanes) is 2. The number of hydrogen-bond acceptors (Lipinski definition) is 8. The van der Waals surface area contributed by atoms with Gasteiger partial charge in [0.15, 0.2) is 0 Å². The van der Waals surface area contributed by atoms with Gasteiger partial charge in [-0.15, -0.1) is 6.58 Å². The molecule has 0 bridgehead atoms. The molecule has 0 saturated heterocycles. The number of oxime groups is 1. The highest BCUT2D eigenvalue weighted by molar-refractivity contribution is 6.04. The van der Waals surface area contributed by atoms with E-state index in [-0.39, 0.29) is 50.1 Å². The van der Waals surface area contributed by atoms with Crippen molar-refractivity contribution >= 4 is 22.4 Å². The van der Waals surface area contributed by atoms with Crippen LogP contribution in [-0.2, 0) is 16.2 Å². The molecule has 1 saturated carbocycles. The van der Waals surface area contributed by atoms with Gasteiger partial charge in [-0.3, -0.25) is 4.79 Å². The summed E-state index contributed by atoms with van der Waals surface area (Å²) in [5.74, 6) is 0.0989. The topological polar surface area (TPSA) is 110 Å². The Morgan fingerprint density at radius 1 is 0.797 bits per heavy atom. The Labute approximate surface area is 406 Å². The highest BCUT2D eigenvalue weighted by Gasteiger charge is 2.65. The van der Waals surface area contributed by atoms with Crippen LogP contribution >= 0.6 is 0 Å². The first-order valence-corrected chi connectivity index (χ1v) is 24.8. The average molecular weight is 925 g/mol. The second-order valence-electron chi connectivity index (χ2n) is 18.6. The van der Waals surface area contributed by atoms with Crippen molar-refractivity contribution in [3.63, 3.8) is 0 Å². The van der Waals surface area contributed by atoms with E-state index in [9.17, 15) is 10.2 Å². The van der Waals surface area contributed by atoms with E-state index >= 15 is 4.79 Å². The number of allylic oxidation sites excluding steroid dienone is 1. The number of amides is 1. The summed E-state index contributed by atoms with van der Waals surface area (Å²) >= 11 is 0. The van der Waals surface area contributed by atoms with Gasteiger partial charge in [-0.25, -0.2) is 0 Å². The van der Waals surface area contributed by atoms with Crippen LogP contribution in [0.5, 0.6) is 17.2 Å². The monoisotopic (exact) mass is 924 g/mol. The van der Waals surface area contributed by atoms with Gasteiger partial charge in [0.2, 0.25) is 5.79 Å². The van der Waals surface area contributed by atoms with Gasteiger partial charge < -0.3 is 34.2 Å². The van der Waals surface area contributed by atoms with Gasteiger partial charge in [0.05, 0.1) is 18.2 Å². The van der Waals surface area contributed by atoms with E-state index < -0.39 is 17.7 Å². The Balaban J connectivity index is 1.21. The van der Waals surface area contributed by atoms with Crippen molar-refractivity contribution in [3.05, 3.63) is 187 Å². The van der Waals surface area contributed by atoms with Gasteiger partial charge in [0.1, 0.15) is 29.9 Å². The molecule has 2 N–H and O–H groups in total. The molecule has 2 aliphatic carbocycles. The van der Waals surface area contributed by atoms with Crippen molar-refractivity contribution in [2.24, 2.45) is 22.9 Å². The van der Waals surface area contributed by atoms with Crippen LogP contribution < -0.4 is 9.47 Å². The fourth-order valence-corrected chi connectivity index (χ4v) is 11.1. The van der Waals surface area contributed by atoms with Crippen LogP contribution in [0.3, 0.4) is 0 Å². The van der Waals surface area contributed by atoms with Gasteiger partial charge >= 0.3 is 0 Å². The minimum atomic E-state index is -1.38. The summed E-state index contributed by atoms with van der Waals surface area (Å²) in [7, 11) is 0. The maximum absolute atomic E-state index is 15.4. The predicted molar refractivity (Wildman–Crippen MR) is 273 cm³/mol. The van der Waals surface area contributed by atoms with Crippen molar-refractivity contribution in [2.75, 3.05) is 26.4 Å². The van der Waals surface area contributed by atoms with E-state index in [0.29, 0.717) is 55.0 Å². The molecule has 6 aromatic carbocycles. The molecule has 0 radical (unpaired) electrons. The van der Waals surface area contributed by atoms with E-state index in [4.69, 9.17) is 24.2 Å². The first-order valence-electron chi connectivity index (χ1n) is 24.8. The lowest BCUT2D eigenvalue weighted by molar-refractivity contribution is -0.254. The summed E-state index contributed by atoms with van der Waals surface area (Å²) in [5.41, 5.74) is 6.56. The summed E-state index contributed by atoms with van der Waals surface area (Å²) in [6.07, 6.45) is 9.84. The smallest absolute Gasteiger partial charge is 0.254 e. The molecule has 3 aliphatic rings. The molecule has 1 amide bonds. The molecule has 1 fully saturated rings. The maximum Gasteiger partial charge on any atom is 0.254 e. The zero-order valence-electron chi connectivity index (χ0n) is 39.6. The standard InChI is InChI=1S/C60H64N2O7/c1-3-33-62(59(65)48-26-25-44-21-11-12-22-46(44)37-48)56-40-54(61-67-41-42-17-7-5-8-18-42)52-38-47(23-13-15-34-63)51(24-14-16-35-64)57-53-39-50(31-32-55(53)69-60(56,58(52)57)66-36-4-2)68-49-29-27-45(28-30-49)43-19-9-6-10-20-43/h4-12,17-22,25-32,37-39,47,51,56-58,63-64H,2-3,13-16,23-24,33-36,40-41H2,1H3/t47-,51+,56-,57+,58+,60+/m0/s1. The Kier molecular flexibility index (Phi) is 15.3. The third-order valence-electron chi connectivity index (χ3n) is 14.2. The first-order chi connectivity index (χ1) is 33.9. The molecule has 1 heterocycles. The lowest BCUT2D eigenvalue weighted by atomic mass is 9.55. The number of carbonyl (C=O) groups excluding carboxylic acids is 1. The number of hydrogen-bond donors (Lipinski definition) is 2. The Morgan fingerprint density at radius 3 is 2.23 bits per heavy atom. The summed E-state index contributed by atoms with van der Waals surface area (Å²) in [6, 6.07) is 47.9. The Hall–Kier alpha value is -6.52. The number of fused-ring (bicyclic) bond motifs is 3. The molecule has 1 aliphatic heterocycles. The van der Waals surface area contributed by atoms with E-state index in [2.05, 4.69) is 56.0 Å². The van der Waals surface area contributed by atoms with E-state index in [1.807, 2.05) is 114 Å². The van der Waals surface area contributed by atoms with Gasteiger partial charge in [0.25, 0.3) is 5.91 Å². The van der Waals surface area contributed by atoms with Gasteiger partial charge in [0, 0.05) is 43.2 Å². The van der Waals surface area contributed by atoms with Crippen LogP contribution in [0.4, 0.5) is 0 Å². The zero-order valence-corrected chi connectivity index (χ0v) is 39.6. The lowest BCUT2D eigenvalue weighted by Gasteiger charge is -2.60. The second kappa shape index (κ2) is 22.3. The van der Waals surface area contributed by atoms with E-state index in [1.165, 1.54) is 0 Å². The van der Waals surface area contributed by atoms with Crippen molar-refractivity contribution in [3.8, 4) is 28.4 Å². The maximum atomic E-state index is 15.4. The molecular weight excluding hydrogens is 861 g/mol. The number of aliphatic hydroxyl groups is 2. The third-order valence-corrected chi connectivity index (χ3v) is 14.2. The molecule has 9 heteroatoms. The average Bonchev–Trinajstić information content (AvgIpc) is 3.39. The SMILES string of the molecule is C=CCO[C@@]12Oc3ccc(Oc4ccc(-c5ccccc5)cc4)cc3[C@H]3[C@H](CCCCO)[C@@H](CCCCO)C=C(C(=NOCc4ccccc4)C[C@@H]1N(CCC)C(=O)c1ccc4ccccc4c1)[C@H]32. The van der Waals surface area contributed by atoms with Crippen molar-refractivity contribution in [2.45, 2.75) is 82.6 Å². The Bertz CT molecular complexity index is 2740. The van der Waals surface area contributed by atoms with Crippen LogP contribution in [0.25, 0.3) is 21.9 Å². The molecular formula is C60H64N2O7. The summed E-state index contributed by atoms with van der Waals surface area (Å²) in [6.45, 7) is 7.32. The number of rotatable bonds is 21. The van der Waals surface area contributed by atoms with Crippen LogP contribution in [0.2, 0.25) is 0 Å². The first kappa shape index (κ1) is 47.5. The molecule has 0 spiro atoms.